The fourth-order valence-electron chi connectivity index (χ4n) is 5.60. The molecule has 1 heterocycles. The van der Waals surface area contributed by atoms with E-state index < -0.39 is 53.1 Å². The van der Waals surface area contributed by atoms with E-state index in [2.05, 4.69) is 24.1 Å². The van der Waals surface area contributed by atoms with Crippen molar-refractivity contribution in [2.45, 2.75) is 77.3 Å². The molecule has 64 heavy (non-hydrogen) atoms. The van der Waals surface area contributed by atoms with Crippen LogP contribution in [0.4, 0.5) is 36.6 Å². The summed E-state index contributed by atoms with van der Waals surface area (Å²) < 4.78 is 127. The van der Waals surface area contributed by atoms with Crippen molar-refractivity contribution in [1.29, 1.82) is 0 Å². The number of hydrogen-bond acceptors (Lipinski definition) is 12. The van der Waals surface area contributed by atoms with Gasteiger partial charge in [0.25, 0.3) is 0 Å². The summed E-state index contributed by atoms with van der Waals surface area (Å²) in [5.41, 5.74) is 7.81. The largest absolute Gasteiger partial charge is 0.490 e. The van der Waals surface area contributed by atoms with Gasteiger partial charge in [0.15, 0.2) is 11.6 Å². The fourth-order valence-corrected chi connectivity index (χ4v) is 5.60. The number of aromatic nitrogens is 1. The first-order chi connectivity index (χ1) is 30.6. The molecule has 0 saturated carbocycles. The summed E-state index contributed by atoms with van der Waals surface area (Å²) in [6, 6.07) is 6.79. The smallest absolute Gasteiger partial charge is 0.475 e. The van der Waals surface area contributed by atoms with Gasteiger partial charge in [-0.3, -0.25) is 9.59 Å². The average Bonchev–Trinajstić information content (AvgIpc) is 3.25. The number of nitrogens with one attached hydrogen (secondary N) is 1. The molecule has 1 atom stereocenters. The summed E-state index contributed by atoms with van der Waals surface area (Å²) in [6.07, 6.45) is 1.92. The minimum absolute atomic E-state index is 0.00972. The number of anilines is 1. The molecule has 0 fully saturated rings. The lowest BCUT2D eigenvalue weighted by atomic mass is 9.94. The Hall–Kier alpha value is -4.67. The Balaban J connectivity index is 0.00000185. The number of nitrogens with zero attached hydrogens (tertiary/aromatic N) is 1. The monoisotopic (exact) mass is 925 g/mol. The van der Waals surface area contributed by atoms with Crippen LogP contribution < -0.4 is 15.8 Å². The van der Waals surface area contributed by atoms with Crippen LogP contribution in [-0.4, -0.2) is 120 Å². The van der Waals surface area contributed by atoms with E-state index in [9.17, 15) is 40.3 Å². The van der Waals surface area contributed by atoms with Gasteiger partial charge in [-0.25, -0.2) is 18.6 Å². The number of pyridine rings is 1. The highest BCUT2D eigenvalue weighted by molar-refractivity contribution is 5.91. The van der Waals surface area contributed by atoms with Crippen LogP contribution in [0.15, 0.2) is 30.3 Å². The van der Waals surface area contributed by atoms with Gasteiger partial charge in [0, 0.05) is 24.4 Å². The van der Waals surface area contributed by atoms with Gasteiger partial charge in [0.1, 0.15) is 11.7 Å². The molecule has 3 rings (SSSR count). The highest BCUT2D eigenvalue weighted by Gasteiger charge is 2.38. The number of carbonyl (C=O) groups excluding carboxylic acids is 2. The maximum absolute atomic E-state index is 14.5. The number of nitrogens with two attached hydrogens (primary N) is 1. The van der Waals surface area contributed by atoms with Crippen LogP contribution in [0.3, 0.4) is 0 Å². The molecule has 0 aliphatic rings. The van der Waals surface area contributed by atoms with Gasteiger partial charge in [-0.15, -0.1) is 0 Å². The van der Waals surface area contributed by atoms with Crippen LogP contribution in [0.1, 0.15) is 75.8 Å². The summed E-state index contributed by atoms with van der Waals surface area (Å²) in [7, 11) is 0. The highest BCUT2D eigenvalue weighted by atomic mass is 19.4. The van der Waals surface area contributed by atoms with Gasteiger partial charge in [-0.05, 0) is 42.5 Å². The second-order valence-electron chi connectivity index (χ2n) is 13.9. The number of esters is 1. The lowest BCUT2D eigenvalue weighted by molar-refractivity contribution is -0.192. The van der Waals surface area contributed by atoms with Gasteiger partial charge in [-0.1, -0.05) is 51.7 Å². The fraction of sp³-hybridized carbons (Fsp3) is 0.581. The molecule has 360 valence electrons. The normalized spacial score (nSPS) is 11.9. The topological polar surface area (TPSA) is 187 Å². The van der Waals surface area contributed by atoms with Crippen molar-refractivity contribution in [2.24, 2.45) is 0 Å². The maximum Gasteiger partial charge on any atom is 0.490 e. The van der Waals surface area contributed by atoms with E-state index in [1.807, 2.05) is 6.07 Å². The van der Waals surface area contributed by atoms with Crippen LogP contribution in [0.2, 0.25) is 0 Å². The first-order valence-corrected chi connectivity index (χ1v) is 20.9. The minimum Gasteiger partial charge on any atom is -0.475 e. The standard InChI is InChI=1S/C41H57F4N3O9.C2HF3O2/c1-3-5-7-10-29-26-31-30(11-9-12-35(31)48-40(29)46)32(41(50)57-39-37(44)33(42)27-34(43)38(39)45)28-56-25-24-55-23-22-54-21-20-53-19-18-52-17-16-51-15-13-36(49)47-14-8-6-4-2;3-2(4,5)1(6)7/h9,11-12,26-27,32H,3-8,10,13-25,28H2,1-2H3,(H2,46,48)(H,47,49);(H,6,7). The molecule has 21 heteroatoms. The average molecular weight is 926 g/mol. The Bertz CT molecular complexity index is 1830. The van der Waals surface area contributed by atoms with Crippen LogP contribution in [0, 0.1) is 23.3 Å². The first kappa shape index (κ1) is 55.5. The van der Waals surface area contributed by atoms with E-state index in [0.717, 1.165) is 44.1 Å². The van der Waals surface area contributed by atoms with E-state index >= 15 is 0 Å². The Morgan fingerprint density at radius 3 is 1.75 bits per heavy atom. The number of carboxylic acid groups (broad SMARTS) is 1. The van der Waals surface area contributed by atoms with E-state index in [-0.39, 0.29) is 45.0 Å². The summed E-state index contributed by atoms with van der Waals surface area (Å²) in [5, 5.41) is 10.5. The van der Waals surface area contributed by atoms with Gasteiger partial charge in [-0.2, -0.15) is 22.0 Å². The molecule has 0 aliphatic carbocycles. The Labute approximate surface area is 367 Å². The Morgan fingerprint density at radius 1 is 0.734 bits per heavy atom. The number of unbranched alkanes of at least 4 members (excludes halogenated alkanes) is 4. The zero-order valence-electron chi connectivity index (χ0n) is 36.0. The molecular formula is C43H58F7N3O11. The predicted octanol–water partition coefficient (Wildman–Crippen LogP) is 7.22. The van der Waals surface area contributed by atoms with E-state index in [1.165, 1.54) is 0 Å². The molecule has 2 aromatic carbocycles. The SMILES string of the molecule is CCCCCNC(=O)CCOCCOCCOCCOCCOCCOCC(C(=O)Oc1c(F)c(F)cc(F)c1F)c1cccc2nc(N)c(CCCCC)cc12.O=C(O)C(F)(F)F. The molecule has 0 aliphatic heterocycles. The number of carbonyl (C=O) groups is 3. The van der Waals surface area contributed by atoms with Crippen molar-refractivity contribution in [2.75, 3.05) is 91.6 Å². The molecule has 1 amide bonds. The quantitative estimate of drug-likeness (QED) is 0.0193. The first-order valence-electron chi connectivity index (χ1n) is 20.9. The minimum atomic E-state index is -5.08. The second kappa shape index (κ2) is 31.2. The third kappa shape index (κ3) is 21.3. The molecule has 0 spiro atoms. The zero-order valence-corrected chi connectivity index (χ0v) is 36.0. The van der Waals surface area contributed by atoms with Crippen molar-refractivity contribution < 1.29 is 83.4 Å². The van der Waals surface area contributed by atoms with Crippen LogP contribution in [-0.2, 0) is 49.2 Å². The van der Waals surface area contributed by atoms with Crippen molar-refractivity contribution in [3.05, 3.63) is 64.7 Å². The van der Waals surface area contributed by atoms with Crippen LogP contribution >= 0.6 is 0 Å². The van der Waals surface area contributed by atoms with E-state index in [1.54, 1.807) is 18.2 Å². The summed E-state index contributed by atoms with van der Waals surface area (Å²) >= 11 is 0. The van der Waals surface area contributed by atoms with E-state index in [4.69, 9.17) is 48.8 Å². The zero-order chi connectivity index (χ0) is 47.3. The lowest BCUT2D eigenvalue weighted by Crippen LogP contribution is -2.25. The third-order valence-electron chi connectivity index (χ3n) is 8.95. The van der Waals surface area contributed by atoms with Crippen LogP contribution in [0.25, 0.3) is 10.9 Å². The van der Waals surface area contributed by atoms with Gasteiger partial charge in [0.05, 0.1) is 84.8 Å². The summed E-state index contributed by atoms with van der Waals surface area (Å²) in [4.78, 5) is 38.6. The molecule has 0 radical (unpaired) electrons. The maximum atomic E-state index is 14.5. The number of amides is 1. The van der Waals surface area contributed by atoms with Gasteiger partial charge in [0.2, 0.25) is 23.3 Å². The molecular weight excluding hydrogens is 867 g/mol. The number of rotatable bonds is 31. The number of ether oxygens (including phenoxy) is 7. The summed E-state index contributed by atoms with van der Waals surface area (Å²) in [5.74, 6) is -13.5. The number of carboxylic acids is 1. The predicted molar refractivity (Wildman–Crippen MR) is 220 cm³/mol. The molecule has 0 bridgehead atoms. The van der Waals surface area contributed by atoms with Gasteiger partial charge >= 0.3 is 18.1 Å². The second-order valence-corrected chi connectivity index (χ2v) is 13.9. The number of benzene rings is 2. The number of nitrogen functional groups attached to an aromatic ring is 1. The van der Waals surface area contributed by atoms with Crippen molar-refractivity contribution >= 4 is 34.6 Å². The number of halogens is 7. The molecule has 1 unspecified atom stereocenters. The number of hydrogen-bond donors (Lipinski definition) is 3. The molecule has 3 aromatic rings. The Morgan fingerprint density at radius 2 is 1.23 bits per heavy atom. The molecule has 1 aromatic heterocycles. The van der Waals surface area contributed by atoms with E-state index in [0.29, 0.717) is 87.9 Å². The number of alkyl halides is 3. The lowest BCUT2D eigenvalue weighted by Gasteiger charge is -2.19. The Kier molecular flexibility index (Phi) is 27.1. The number of aliphatic carboxylic acids is 1. The molecule has 4 N–H and O–H groups in total. The molecule has 0 saturated heterocycles. The highest BCUT2D eigenvalue weighted by Crippen LogP contribution is 2.32. The van der Waals surface area contributed by atoms with Crippen molar-refractivity contribution in [3.63, 3.8) is 0 Å². The van der Waals surface area contributed by atoms with Gasteiger partial charge < -0.3 is 49.3 Å². The molecule has 14 nitrogen and oxygen atoms in total. The number of fused-ring (bicyclic) bond motifs is 1. The van der Waals surface area contributed by atoms with Crippen molar-refractivity contribution in [1.82, 2.24) is 10.3 Å². The number of aryl methyl sites for hydroxylation is 1. The van der Waals surface area contributed by atoms with Crippen molar-refractivity contribution in [3.8, 4) is 5.75 Å². The summed E-state index contributed by atoms with van der Waals surface area (Å²) in [6.45, 7) is 7.89. The van der Waals surface area contributed by atoms with Crippen LogP contribution in [0.5, 0.6) is 5.75 Å². The third-order valence-corrected chi connectivity index (χ3v) is 8.95.